The summed E-state index contributed by atoms with van der Waals surface area (Å²) in [5.41, 5.74) is 0. The van der Waals surface area contributed by atoms with Gasteiger partial charge in [0.05, 0.1) is 0 Å². The molecular formula is C14H16ClNO4S. The van der Waals surface area contributed by atoms with E-state index in [-0.39, 0.29) is 0 Å². The molecule has 0 bridgehead atoms. The van der Waals surface area contributed by atoms with Gasteiger partial charge >= 0.3 is 11.9 Å². The summed E-state index contributed by atoms with van der Waals surface area (Å²) >= 11 is 7.75. The molecule has 3 N–H and O–H groups in total. The molecular weight excluding hydrogens is 314 g/mol. The summed E-state index contributed by atoms with van der Waals surface area (Å²) in [7, 11) is 0. The lowest BCUT2D eigenvalue weighted by Gasteiger charge is -2.07. The SMILES string of the molecule is Clc1ccc(SC2CCNC2)cc1.O=C(O)C=CC(=O)O. The van der Waals surface area contributed by atoms with E-state index in [1.54, 1.807) is 0 Å². The molecule has 0 spiro atoms. The highest BCUT2D eigenvalue weighted by Gasteiger charge is 2.14. The number of nitrogens with one attached hydrogen (secondary N) is 1. The summed E-state index contributed by atoms with van der Waals surface area (Å²) < 4.78 is 0. The molecule has 114 valence electrons. The summed E-state index contributed by atoms with van der Waals surface area (Å²) in [4.78, 5) is 20.4. The van der Waals surface area contributed by atoms with Gasteiger partial charge in [-0.1, -0.05) is 11.6 Å². The second-order valence-corrected chi connectivity index (χ2v) is 6.01. The van der Waals surface area contributed by atoms with Crippen molar-refractivity contribution in [3.63, 3.8) is 0 Å². The molecule has 5 nitrogen and oxygen atoms in total. The van der Waals surface area contributed by atoms with Crippen molar-refractivity contribution in [1.29, 1.82) is 0 Å². The van der Waals surface area contributed by atoms with Crippen LogP contribution in [0.15, 0.2) is 41.3 Å². The predicted molar refractivity (Wildman–Crippen MR) is 83.0 cm³/mol. The predicted octanol–water partition coefficient (Wildman–Crippen LogP) is 2.51. The molecule has 7 heteroatoms. The van der Waals surface area contributed by atoms with Crippen LogP contribution in [0.5, 0.6) is 0 Å². The monoisotopic (exact) mass is 329 g/mol. The number of carboxylic acid groups (broad SMARTS) is 2. The highest BCUT2D eigenvalue weighted by atomic mass is 35.5. The standard InChI is InChI=1S/C10H12ClNS.C4H4O4/c11-8-1-3-9(4-2-8)13-10-5-6-12-7-10;5-3(6)1-2-4(7)8/h1-4,10,12H,5-7H2;1-2H,(H,5,6)(H,7,8). The molecule has 21 heavy (non-hydrogen) atoms. The minimum absolute atomic E-state index is 0.558. The number of rotatable bonds is 4. The molecule has 1 saturated heterocycles. The fourth-order valence-corrected chi connectivity index (χ4v) is 2.82. The average molecular weight is 330 g/mol. The number of hydrogen-bond donors (Lipinski definition) is 3. The molecule has 1 aromatic rings. The number of benzene rings is 1. The molecule has 1 atom stereocenters. The van der Waals surface area contributed by atoms with Gasteiger partial charge in [-0.05, 0) is 37.2 Å². The minimum atomic E-state index is -1.26. The van der Waals surface area contributed by atoms with Crippen LogP contribution in [-0.2, 0) is 9.59 Å². The van der Waals surface area contributed by atoms with Crippen molar-refractivity contribution in [3.05, 3.63) is 41.4 Å². The van der Waals surface area contributed by atoms with Gasteiger partial charge in [0.2, 0.25) is 0 Å². The number of carboxylic acids is 2. The highest BCUT2D eigenvalue weighted by Crippen LogP contribution is 2.27. The quantitative estimate of drug-likeness (QED) is 0.736. The third kappa shape index (κ3) is 8.39. The Kier molecular flexibility index (Phi) is 7.89. The number of thioether (sulfide) groups is 1. The number of carbonyl (C=O) groups is 2. The molecule has 0 aliphatic carbocycles. The Morgan fingerprint density at radius 3 is 2.19 bits per heavy atom. The number of hydrogen-bond acceptors (Lipinski definition) is 4. The molecule has 1 heterocycles. The third-order valence-electron chi connectivity index (χ3n) is 2.50. The van der Waals surface area contributed by atoms with E-state index in [1.165, 1.54) is 11.3 Å². The third-order valence-corrected chi connectivity index (χ3v) is 4.03. The van der Waals surface area contributed by atoms with Crippen molar-refractivity contribution in [3.8, 4) is 0 Å². The first-order valence-corrected chi connectivity index (χ1v) is 7.50. The van der Waals surface area contributed by atoms with E-state index in [1.807, 2.05) is 23.9 Å². The highest BCUT2D eigenvalue weighted by molar-refractivity contribution is 8.00. The Labute approximate surface area is 132 Å². The Morgan fingerprint density at radius 2 is 1.76 bits per heavy atom. The normalized spacial score (nSPS) is 17.3. The van der Waals surface area contributed by atoms with Gasteiger partial charge in [-0.2, -0.15) is 0 Å². The lowest BCUT2D eigenvalue weighted by atomic mass is 10.4. The van der Waals surface area contributed by atoms with Crippen molar-refractivity contribution in [2.45, 2.75) is 16.6 Å². The molecule has 1 aliphatic heterocycles. The summed E-state index contributed by atoms with van der Waals surface area (Å²) in [6.45, 7) is 2.29. The maximum atomic E-state index is 9.55. The molecule has 0 amide bonds. The van der Waals surface area contributed by atoms with Crippen molar-refractivity contribution < 1.29 is 19.8 Å². The van der Waals surface area contributed by atoms with Crippen molar-refractivity contribution in [2.24, 2.45) is 0 Å². The summed E-state index contributed by atoms with van der Waals surface area (Å²) in [5.74, 6) is -2.51. The van der Waals surface area contributed by atoms with E-state index in [2.05, 4.69) is 17.4 Å². The van der Waals surface area contributed by atoms with Gasteiger partial charge in [-0.15, -0.1) is 11.8 Å². The van der Waals surface area contributed by atoms with Crippen LogP contribution < -0.4 is 5.32 Å². The second kappa shape index (κ2) is 9.44. The summed E-state index contributed by atoms with van der Waals surface area (Å²) in [6.07, 6.45) is 2.39. The van der Waals surface area contributed by atoms with Gasteiger partial charge in [0.25, 0.3) is 0 Å². The largest absolute Gasteiger partial charge is 0.478 e. The lowest BCUT2D eigenvalue weighted by molar-refractivity contribution is -0.134. The van der Waals surface area contributed by atoms with E-state index >= 15 is 0 Å². The lowest BCUT2D eigenvalue weighted by Crippen LogP contribution is -2.09. The van der Waals surface area contributed by atoms with Gasteiger partial charge in [-0.3, -0.25) is 0 Å². The Hall–Kier alpha value is -1.50. The van der Waals surface area contributed by atoms with Crippen LogP contribution in [0.3, 0.4) is 0 Å². The van der Waals surface area contributed by atoms with Crippen LogP contribution in [-0.4, -0.2) is 40.5 Å². The van der Waals surface area contributed by atoms with E-state index in [0.29, 0.717) is 12.2 Å². The molecule has 1 aromatic carbocycles. The Bertz CT molecular complexity index is 482. The van der Waals surface area contributed by atoms with Crippen LogP contribution in [0.25, 0.3) is 0 Å². The average Bonchev–Trinajstić information content (AvgIpc) is 2.93. The van der Waals surface area contributed by atoms with Crippen molar-refractivity contribution in [2.75, 3.05) is 13.1 Å². The topological polar surface area (TPSA) is 86.6 Å². The van der Waals surface area contributed by atoms with E-state index in [0.717, 1.165) is 23.4 Å². The van der Waals surface area contributed by atoms with E-state index < -0.39 is 11.9 Å². The summed E-state index contributed by atoms with van der Waals surface area (Å²) in [5, 5.41) is 20.5. The fraction of sp³-hybridized carbons (Fsp3) is 0.286. The van der Waals surface area contributed by atoms with Gasteiger partial charge in [0, 0.05) is 33.9 Å². The number of halogens is 1. The molecule has 0 aromatic heterocycles. The summed E-state index contributed by atoms with van der Waals surface area (Å²) in [6, 6.07) is 8.08. The first kappa shape index (κ1) is 17.6. The first-order valence-electron chi connectivity index (χ1n) is 6.24. The zero-order chi connectivity index (χ0) is 15.7. The van der Waals surface area contributed by atoms with E-state index in [9.17, 15) is 9.59 Å². The van der Waals surface area contributed by atoms with Crippen LogP contribution in [0.2, 0.25) is 5.02 Å². The van der Waals surface area contributed by atoms with Crippen LogP contribution in [0.4, 0.5) is 0 Å². The van der Waals surface area contributed by atoms with Gasteiger partial charge in [0.1, 0.15) is 0 Å². The molecule has 0 saturated carbocycles. The van der Waals surface area contributed by atoms with E-state index in [4.69, 9.17) is 21.8 Å². The zero-order valence-electron chi connectivity index (χ0n) is 11.2. The van der Waals surface area contributed by atoms with Gasteiger partial charge < -0.3 is 15.5 Å². The van der Waals surface area contributed by atoms with Crippen LogP contribution >= 0.6 is 23.4 Å². The molecule has 0 radical (unpaired) electrons. The van der Waals surface area contributed by atoms with Crippen LogP contribution in [0.1, 0.15) is 6.42 Å². The van der Waals surface area contributed by atoms with Crippen molar-refractivity contribution in [1.82, 2.24) is 5.32 Å². The van der Waals surface area contributed by atoms with Gasteiger partial charge in [-0.25, -0.2) is 9.59 Å². The molecule has 1 unspecified atom stereocenters. The second-order valence-electron chi connectivity index (χ2n) is 4.20. The fourth-order valence-electron chi connectivity index (χ4n) is 1.58. The Balaban J connectivity index is 0.000000240. The first-order chi connectivity index (χ1) is 9.97. The maximum Gasteiger partial charge on any atom is 0.328 e. The molecule has 1 fully saturated rings. The Morgan fingerprint density at radius 1 is 1.19 bits per heavy atom. The van der Waals surface area contributed by atoms with Crippen molar-refractivity contribution >= 4 is 35.3 Å². The zero-order valence-corrected chi connectivity index (χ0v) is 12.7. The number of aliphatic carboxylic acids is 2. The molecule has 2 rings (SSSR count). The maximum absolute atomic E-state index is 9.55. The smallest absolute Gasteiger partial charge is 0.328 e. The molecule has 1 aliphatic rings. The van der Waals surface area contributed by atoms with Crippen LogP contribution in [0, 0.1) is 0 Å². The minimum Gasteiger partial charge on any atom is -0.478 e. The van der Waals surface area contributed by atoms with Gasteiger partial charge in [0.15, 0.2) is 0 Å².